The van der Waals surface area contributed by atoms with E-state index in [9.17, 15) is 0 Å². The SMILES string of the molecule is CC(C)NCCCSc1ncns1. The van der Waals surface area contributed by atoms with E-state index in [1.54, 1.807) is 18.1 Å². The van der Waals surface area contributed by atoms with Gasteiger partial charge in [0.1, 0.15) is 6.33 Å². The Labute approximate surface area is 87.5 Å². The maximum Gasteiger partial charge on any atom is 0.169 e. The largest absolute Gasteiger partial charge is 0.315 e. The normalized spacial score (nSPS) is 11.0. The summed E-state index contributed by atoms with van der Waals surface area (Å²) in [7, 11) is 0. The summed E-state index contributed by atoms with van der Waals surface area (Å²) in [5, 5.41) is 3.38. The molecule has 1 aromatic rings. The Morgan fingerprint density at radius 3 is 3.08 bits per heavy atom. The van der Waals surface area contributed by atoms with Gasteiger partial charge in [-0.15, -0.1) is 0 Å². The Bertz CT molecular complexity index is 211. The number of thioether (sulfide) groups is 1. The van der Waals surface area contributed by atoms with Crippen molar-refractivity contribution >= 4 is 23.3 Å². The van der Waals surface area contributed by atoms with Crippen molar-refractivity contribution in [3.8, 4) is 0 Å². The van der Waals surface area contributed by atoms with Gasteiger partial charge < -0.3 is 5.32 Å². The number of rotatable bonds is 6. The maximum atomic E-state index is 4.10. The Morgan fingerprint density at radius 2 is 2.46 bits per heavy atom. The van der Waals surface area contributed by atoms with Gasteiger partial charge in [-0.1, -0.05) is 25.6 Å². The first kappa shape index (κ1) is 10.9. The van der Waals surface area contributed by atoms with E-state index in [1.165, 1.54) is 18.0 Å². The quantitative estimate of drug-likeness (QED) is 0.584. The lowest BCUT2D eigenvalue weighted by molar-refractivity contribution is 0.586. The van der Waals surface area contributed by atoms with Gasteiger partial charge in [0.05, 0.1) is 0 Å². The molecule has 0 radical (unpaired) electrons. The molecule has 0 aromatic carbocycles. The van der Waals surface area contributed by atoms with Gasteiger partial charge in [0.2, 0.25) is 0 Å². The molecule has 0 fully saturated rings. The van der Waals surface area contributed by atoms with Gasteiger partial charge in [0.15, 0.2) is 4.34 Å². The van der Waals surface area contributed by atoms with Crippen molar-refractivity contribution in [2.24, 2.45) is 0 Å². The predicted octanol–water partition coefficient (Wildman–Crippen LogP) is 2.02. The van der Waals surface area contributed by atoms with E-state index in [-0.39, 0.29) is 0 Å². The third-order valence-corrected chi connectivity index (χ3v) is 3.32. The van der Waals surface area contributed by atoms with Crippen LogP contribution in [0.1, 0.15) is 20.3 Å². The smallest absolute Gasteiger partial charge is 0.169 e. The Hall–Kier alpha value is -0.130. The van der Waals surface area contributed by atoms with Gasteiger partial charge in [-0.3, -0.25) is 0 Å². The molecule has 0 aliphatic heterocycles. The lowest BCUT2D eigenvalue weighted by Crippen LogP contribution is -2.23. The Morgan fingerprint density at radius 1 is 1.62 bits per heavy atom. The van der Waals surface area contributed by atoms with Crippen molar-refractivity contribution in [2.75, 3.05) is 12.3 Å². The van der Waals surface area contributed by atoms with Crippen LogP contribution in [0.25, 0.3) is 0 Å². The fourth-order valence-corrected chi connectivity index (χ4v) is 2.30. The summed E-state index contributed by atoms with van der Waals surface area (Å²) in [5.41, 5.74) is 0. The molecule has 1 aromatic heterocycles. The number of nitrogens with zero attached hydrogens (tertiary/aromatic N) is 2. The highest BCUT2D eigenvalue weighted by Crippen LogP contribution is 2.18. The minimum atomic E-state index is 0.589. The van der Waals surface area contributed by atoms with Gasteiger partial charge in [-0.2, -0.15) is 4.37 Å². The van der Waals surface area contributed by atoms with Crippen molar-refractivity contribution < 1.29 is 0 Å². The average molecular weight is 217 g/mol. The van der Waals surface area contributed by atoms with Crippen LogP contribution >= 0.6 is 23.3 Å². The molecule has 5 heteroatoms. The fourth-order valence-electron chi connectivity index (χ4n) is 0.849. The van der Waals surface area contributed by atoms with Crippen LogP contribution < -0.4 is 5.32 Å². The monoisotopic (exact) mass is 217 g/mol. The van der Waals surface area contributed by atoms with Gasteiger partial charge in [-0.25, -0.2) is 4.98 Å². The van der Waals surface area contributed by atoms with E-state index in [4.69, 9.17) is 0 Å². The fraction of sp³-hybridized carbons (Fsp3) is 0.750. The zero-order valence-corrected chi connectivity index (χ0v) is 9.62. The van der Waals surface area contributed by atoms with Crippen molar-refractivity contribution in [2.45, 2.75) is 30.6 Å². The number of aromatic nitrogens is 2. The average Bonchev–Trinajstić information content (AvgIpc) is 2.55. The summed E-state index contributed by atoms with van der Waals surface area (Å²) < 4.78 is 5.02. The Balaban J connectivity index is 1.96. The highest BCUT2D eigenvalue weighted by atomic mass is 32.2. The van der Waals surface area contributed by atoms with E-state index in [2.05, 4.69) is 28.5 Å². The molecule has 0 spiro atoms. The van der Waals surface area contributed by atoms with Crippen molar-refractivity contribution in [3.05, 3.63) is 6.33 Å². The maximum absolute atomic E-state index is 4.10. The van der Waals surface area contributed by atoms with E-state index in [1.807, 2.05) is 0 Å². The van der Waals surface area contributed by atoms with E-state index in [0.29, 0.717) is 6.04 Å². The van der Waals surface area contributed by atoms with Crippen LogP contribution in [0.3, 0.4) is 0 Å². The zero-order valence-electron chi connectivity index (χ0n) is 7.99. The summed E-state index contributed by atoms with van der Waals surface area (Å²) in [6.07, 6.45) is 2.79. The third kappa shape index (κ3) is 5.23. The summed E-state index contributed by atoms with van der Waals surface area (Å²) >= 11 is 3.25. The van der Waals surface area contributed by atoms with Gasteiger partial charge >= 0.3 is 0 Å². The molecule has 1 rings (SSSR count). The van der Waals surface area contributed by atoms with Crippen LogP contribution in [0.2, 0.25) is 0 Å². The van der Waals surface area contributed by atoms with Crippen LogP contribution in [-0.4, -0.2) is 27.7 Å². The van der Waals surface area contributed by atoms with Crippen LogP contribution in [0, 0.1) is 0 Å². The topological polar surface area (TPSA) is 37.8 Å². The summed E-state index contributed by atoms with van der Waals surface area (Å²) in [4.78, 5) is 4.10. The molecule has 0 aliphatic carbocycles. The molecular formula is C8H15N3S2. The first-order valence-corrected chi connectivity index (χ1v) is 6.18. The van der Waals surface area contributed by atoms with Gasteiger partial charge in [0, 0.05) is 11.8 Å². The lowest BCUT2D eigenvalue weighted by Gasteiger charge is -2.06. The van der Waals surface area contributed by atoms with E-state index < -0.39 is 0 Å². The molecular weight excluding hydrogens is 202 g/mol. The first-order chi connectivity index (χ1) is 6.29. The molecule has 0 aliphatic rings. The Kier molecular flexibility index (Phi) is 5.34. The molecule has 0 unspecified atom stereocenters. The molecule has 0 atom stereocenters. The summed E-state index contributed by atoms with van der Waals surface area (Å²) in [6.45, 7) is 5.42. The molecule has 1 N–H and O–H groups in total. The van der Waals surface area contributed by atoms with E-state index in [0.717, 1.165) is 16.6 Å². The van der Waals surface area contributed by atoms with Crippen molar-refractivity contribution in [3.63, 3.8) is 0 Å². The predicted molar refractivity (Wildman–Crippen MR) is 58.4 cm³/mol. The second-order valence-electron chi connectivity index (χ2n) is 3.02. The molecule has 13 heavy (non-hydrogen) atoms. The highest BCUT2D eigenvalue weighted by Gasteiger charge is 1.97. The van der Waals surface area contributed by atoms with Crippen molar-refractivity contribution in [1.29, 1.82) is 0 Å². The first-order valence-electron chi connectivity index (χ1n) is 4.42. The summed E-state index contributed by atoms with van der Waals surface area (Å²) in [5.74, 6) is 1.12. The molecule has 0 saturated heterocycles. The minimum Gasteiger partial charge on any atom is -0.315 e. The van der Waals surface area contributed by atoms with Crippen LogP contribution in [0.15, 0.2) is 10.7 Å². The van der Waals surface area contributed by atoms with Crippen molar-refractivity contribution in [1.82, 2.24) is 14.7 Å². The van der Waals surface area contributed by atoms with E-state index >= 15 is 0 Å². The lowest BCUT2D eigenvalue weighted by atomic mass is 10.4. The van der Waals surface area contributed by atoms with Crippen LogP contribution in [0.5, 0.6) is 0 Å². The summed E-state index contributed by atoms with van der Waals surface area (Å²) in [6, 6.07) is 0.589. The molecule has 3 nitrogen and oxygen atoms in total. The molecule has 0 amide bonds. The zero-order chi connectivity index (χ0) is 9.52. The molecule has 1 heterocycles. The molecule has 0 saturated carbocycles. The van der Waals surface area contributed by atoms with Gasteiger partial charge in [0.25, 0.3) is 0 Å². The standard InChI is InChI=1S/C8H15N3S2/c1-7(2)9-4-3-5-12-8-10-6-11-13-8/h6-7,9H,3-5H2,1-2H3. The number of hydrogen-bond acceptors (Lipinski definition) is 5. The second-order valence-corrected chi connectivity index (χ2v) is 5.14. The number of nitrogens with one attached hydrogen (secondary N) is 1. The molecule has 0 bridgehead atoms. The van der Waals surface area contributed by atoms with Crippen LogP contribution in [0.4, 0.5) is 0 Å². The third-order valence-electron chi connectivity index (χ3n) is 1.44. The molecule has 74 valence electrons. The second kappa shape index (κ2) is 6.34. The highest BCUT2D eigenvalue weighted by molar-refractivity contribution is 8.00. The minimum absolute atomic E-state index is 0.589. The van der Waals surface area contributed by atoms with Gasteiger partial charge in [-0.05, 0) is 24.5 Å². The number of hydrogen-bond donors (Lipinski definition) is 1. The van der Waals surface area contributed by atoms with Crippen LogP contribution in [-0.2, 0) is 0 Å².